The van der Waals surface area contributed by atoms with Gasteiger partial charge in [-0.2, -0.15) is 0 Å². The fourth-order valence-electron chi connectivity index (χ4n) is 2.37. The molecule has 0 saturated carbocycles. The molecule has 0 radical (unpaired) electrons. The third kappa shape index (κ3) is 3.34. The summed E-state index contributed by atoms with van der Waals surface area (Å²) in [5.41, 5.74) is 4.12. The van der Waals surface area contributed by atoms with E-state index in [4.69, 9.17) is 0 Å². The van der Waals surface area contributed by atoms with E-state index in [9.17, 15) is 0 Å². The zero-order valence-corrected chi connectivity index (χ0v) is 12.0. The first-order chi connectivity index (χ1) is 8.09. The zero-order valence-electron chi connectivity index (χ0n) is 11.2. The number of quaternary nitrogens is 1. The molecule has 0 bridgehead atoms. The van der Waals surface area contributed by atoms with Crippen molar-refractivity contribution < 1.29 is 12.4 Å². The van der Waals surface area contributed by atoms with Gasteiger partial charge in [-0.25, -0.2) is 0 Å². The highest BCUT2D eigenvalue weighted by atomic mass is 35.5. The van der Waals surface area contributed by atoms with Crippen LogP contribution in [0, 0.1) is 6.92 Å². The summed E-state index contributed by atoms with van der Waals surface area (Å²) in [6.07, 6.45) is 0. The van der Waals surface area contributed by atoms with Gasteiger partial charge >= 0.3 is 0 Å². The summed E-state index contributed by atoms with van der Waals surface area (Å²) in [6.45, 7) is 3.20. The molecule has 0 heterocycles. The van der Waals surface area contributed by atoms with E-state index in [1.54, 1.807) is 0 Å². The highest BCUT2D eigenvalue weighted by Crippen LogP contribution is 2.25. The maximum atomic E-state index is 2.26. The molecule has 0 aliphatic heterocycles. The van der Waals surface area contributed by atoms with Gasteiger partial charge in [-0.1, -0.05) is 48.5 Å². The molecule has 2 aromatic carbocycles. The Balaban J connectivity index is 0.00000162. The summed E-state index contributed by atoms with van der Waals surface area (Å²) < 4.78 is 0.886. The normalized spacial score (nSPS) is 10.8. The van der Waals surface area contributed by atoms with Crippen molar-refractivity contribution in [3.8, 4) is 0 Å². The van der Waals surface area contributed by atoms with E-state index < -0.39 is 0 Å². The molecule has 0 atom stereocenters. The molecule has 0 unspecified atom stereocenters. The third-order valence-corrected chi connectivity index (χ3v) is 3.19. The first kappa shape index (κ1) is 14.7. The van der Waals surface area contributed by atoms with Gasteiger partial charge < -0.3 is 12.4 Å². The quantitative estimate of drug-likeness (QED) is 0.716. The lowest BCUT2D eigenvalue weighted by molar-refractivity contribution is -0.00000381. The van der Waals surface area contributed by atoms with Crippen molar-refractivity contribution in [3.05, 3.63) is 65.7 Å². The molecule has 0 aliphatic rings. The molecule has 0 spiro atoms. The topological polar surface area (TPSA) is 0 Å². The number of nitrogens with zero attached hydrogens (tertiary/aromatic N) is 1. The second kappa shape index (κ2) is 6.03. The summed E-state index contributed by atoms with van der Waals surface area (Å²) in [4.78, 5) is 0. The Morgan fingerprint density at radius 3 is 2.00 bits per heavy atom. The number of para-hydroxylation sites is 1. The lowest BCUT2D eigenvalue weighted by atomic mass is 10.1. The van der Waals surface area contributed by atoms with E-state index in [1.807, 2.05) is 0 Å². The maximum absolute atomic E-state index is 2.26. The van der Waals surface area contributed by atoms with Gasteiger partial charge in [0.2, 0.25) is 0 Å². The monoisotopic (exact) mass is 261 g/mol. The SMILES string of the molecule is Cc1ccccc1[N+](C)(C)Cc1ccccc1.[Cl-]. The molecule has 0 aliphatic carbocycles. The average Bonchev–Trinajstić information content (AvgIpc) is 2.30. The predicted molar refractivity (Wildman–Crippen MR) is 75.0 cm³/mol. The van der Waals surface area contributed by atoms with Crippen LogP contribution in [-0.4, -0.2) is 14.1 Å². The van der Waals surface area contributed by atoms with Gasteiger partial charge in [-0.15, -0.1) is 0 Å². The van der Waals surface area contributed by atoms with Crippen LogP contribution in [0.2, 0.25) is 0 Å². The highest BCUT2D eigenvalue weighted by molar-refractivity contribution is 5.49. The van der Waals surface area contributed by atoms with Crippen molar-refractivity contribution in [2.24, 2.45) is 0 Å². The molecule has 0 N–H and O–H groups in total. The Hall–Kier alpha value is -1.31. The fraction of sp³-hybridized carbons (Fsp3) is 0.250. The van der Waals surface area contributed by atoms with Crippen LogP contribution in [0.3, 0.4) is 0 Å². The number of aryl methyl sites for hydroxylation is 1. The Kier molecular flexibility index (Phi) is 4.94. The van der Waals surface area contributed by atoms with Crippen molar-refractivity contribution in [1.82, 2.24) is 4.48 Å². The van der Waals surface area contributed by atoms with Gasteiger partial charge in [0.05, 0.1) is 14.1 Å². The number of hydrogen-bond donors (Lipinski definition) is 0. The molecule has 0 saturated heterocycles. The molecule has 1 nitrogen and oxygen atoms in total. The standard InChI is InChI=1S/C16H20N.ClH/c1-14-9-7-8-12-16(14)17(2,3)13-15-10-5-4-6-11-15;/h4-12H,13H2,1-3H3;1H/q+1;/p-1. The van der Waals surface area contributed by atoms with E-state index in [-0.39, 0.29) is 12.4 Å². The highest BCUT2D eigenvalue weighted by Gasteiger charge is 2.21. The minimum Gasteiger partial charge on any atom is -1.00 e. The van der Waals surface area contributed by atoms with Crippen molar-refractivity contribution in [1.29, 1.82) is 0 Å². The van der Waals surface area contributed by atoms with Gasteiger partial charge in [0.1, 0.15) is 12.2 Å². The van der Waals surface area contributed by atoms with Crippen LogP contribution in [-0.2, 0) is 6.54 Å². The van der Waals surface area contributed by atoms with Crippen molar-refractivity contribution in [2.75, 3.05) is 14.1 Å². The van der Waals surface area contributed by atoms with Gasteiger partial charge in [0.15, 0.2) is 0 Å². The Morgan fingerprint density at radius 2 is 1.39 bits per heavy atom. The summed E-state index contributed by atoms with van der Waals surface area (Å²) in [6, 6.07) is 19.3. The first-order valence-corrected chi connectivity index (χ1v) is 6.03. The van der Waals surface area contributed by atoms with Crippen LogP contribution >= 0.6 is 0 Å². The second-order valence-corrected chi connectivity index (χ2v) is 5.12. The minimum atomic E-state index is 0. The predicted octanol–water partition coefficient (Wildman–Crippen LogP) is 0.766. The van der Waals surface area contributed by atoms with E-state index in [0.29, 0.717) is 0 Å². The summed E-state index contributed by atoms with van der Waals surface area (Å²) in [5, 5.41) is 0. The van der Waals surface area contributed by atoms with E-state index in [2.05, 4.69) is 75.6 Å². The number of rotatable bonds is 3. The molecule has 18 heavy (non-hydrogen) atoms. The molecule has 0 amide bonds. The van der Waals surface area contributed by atoms with Crippen LogP contribution in [0.1, 0.15) is 11.1 Å². The van der Waals surface area contributed by atoms with Crippen LogP contribution in [0.4, 0.5) is 5.69 Å². The molecule has 0 fully saturated rings. The molecule has 2 heteroatoms. The molecule has 2 aromatic rings. The number of halogens is 1. The van der Waals surface area contributed by atoms with Gasteiger partial charge in [-0.05, 0) is 13.0 Å². The van der Waals surface area contributed by atoms with Gasteiger partial charge in [0, 0.05) is 11.1 Å². The van der Waals surface area contributed by atoms with Gasteiger partial charge in [0.25, 0.3) is 0 Å². The third-order valence-electron chi connectivity index (χ3n) is 3.19. The van der Waals surface area contributed by atoms with Crippen LogP contribution in [0.25, 0.3) is 0 Å². The first-order valence-electron chi connectivity index (χ1n) is 6.03. The van der Waals surface area contributed by atoms with Crippen molar-refractivity contribution >= 4 is 5.69 Å². The van der Waals surface area contributed by atoms with E-state index >= 15 is 0 Å². The van der Waals surface area contributed by atoms with Gasteiger partial charge in [-0.3, -0.25) is 4.48 Å². The molecular weight excluding hydrogens is 242 g/mol. The zero-order chi connectivity index (χ0) is 12.3. The molecule has 96 valence electrons. The van der Waals surface area contributed by atoms with Crippen LogP contribution < -0.4 is 16.9 Å². The van der Waals surface area contributed by atoms with E-state index in [0.717, 1.165) is 11.0 Å². The smallest absolute Gasteiger partial charge is 0.135 e. The number of hydrogen-bond acceptors (Lipinski definition) is 0. The van der Waals surface area contributed by atoms with E-state index in [1.165, 1.54) is 16.8 Å². The molecule has 2 rings (SSSR count). The fourth-order valence-corrected chi connectivity index (χ4v) is 2.37. The second-order valence-electron chi connectivity index (χ2n) is 5.12. The van der Waals surface area contributed by atoms with Crippen LogP contribution in [0.5, 0.6) is 0 Å². The van der Waals surface area contributed by atoms with Crippen molar-refractivity contribution in [3.63, 3.8) is 0 Å². The largest absolute Gasteiger partial charge is 1.00 e. The Labute approximate surface area is 116 Å². The summed E-state index contributed by atoms with van der Waals surface area (Å²) in [7, 11) is 4.52. The Bertz CT molecular complexity index is 491. The summed E-state index contributed by atoms with van der Waals surface area (Å²) >= 11 is 0. The lowest BCUT2D eigenvalue weighted by Crippen LogP contribution is -3.00. The molecule has 0 aromatic heterocycles. The number of benzene rings is 2. The van der Waals surface area contributed by atoms with Crippen LogP contribution in [0.15, 0.2) is 54.6 Å². The lowest BCUT2D eigenvalue weighted by Gasteiger charge is -2.30. The average molecular weight is 262 g/mol. The minimum absolute atomic E-state index is 0. The maximum Gasteiger partial charge on any atom is 0.135 e. The Morgan fingerprint density at radius 1 is 0.833 bits per heavy atom. The molecular formula is C16H20ClN. The summed E-state index contributed by atoms with van der Waals surface area (Å²) in [5.74, 6) is 0. The van der Waals surface area contributed by atoms with Crippen molar-refractivity contribution in [2.45, 2.75) is 13.5 Å².